The summed E-state index contributed by atoms with van der Waals surface area (Å²) in [7, 11) is 1.85. The Labute approximate surface area is 100 Å². The van der Waals surface area contributed by atoms with Crippen molar-refractivity contribution >= 4 is 27.3 Å². The van der Waals surface area contributed by atoms with Crippen LogP contribution in [-0.4, -0.2) is 15.0 Å². The Morgan fingerprint density at radius 2 is 2.40 bits per heavy atom. The van der Waals surface area contributed by atoms with Gasteiger partial charge in [-0.05, 0) is 28.1 Å². The van der Waals surface area contributed by atoms with E-state index < -0.39 is 0 Å². The second kappa shape index (κ2) is 4.42. The maximum atomic E-state index is 6.06. The first-order chi connectivity index (χ1) is 7.15. The van der Waals surface area contributed by atoms with Gasteiger partial charge < -0.3 is 5.73 Å². The Bertz CT molecular complexity index is 450. The van der Waals surface area contributed by atoms with E-state index in [1.165, 1.54) is 0 Å². The zero-order valence-corrected chi connectivity index (χ0v) is 10.6. The monoisotopic (exact) mass is 286 g/mol. The molecule has 1 unspecified atom stereocenters. The molecule has 1 atom stereocenters. The first-order valence-electron chi connectivity index (χ1n) is 4.51. The van der Waals surface area contributed by atoms with Crippen LogP contribution in [0, 0.1) is 0 Å². The highest BCUT2D eigenvalue weighted by Gasteiger charge is 2.11. The fourth-order valence-corrected chi connectivity index (χ4v) is 2.77. The van der Waals surface area contributed by atoms with Crippen molar-refractivity contribution in [3.05, 3.63) is 32.7 Å². The van der Waals surface area contributed by atoms with E-state index in [1.54, 1.807) is 16.0 Å². The van der Waals surface area contributed by atoms with Gasteiger partial charge in [-0.2, -0.15) is 0 Å². The molecule has 0 aliphatic heterocycles. The lowest BCUT2D eigenvalue weighted by molar-refractivity contribution is 0.700. The highest BCUT2D eigenvalue weighted by molar-refractivity contribution is 9.11. The molecule has 80 valence electrons. The number of nitrogens with zero attached hydrogens (tertiary/aromatic N) is 3. The first-order valence-corrected chi connectivity index (χ1v) is 6.12. The topological polar surface area (TPSA) is 56.7 Å². The van der Waals surface area contributed by atoms with Crippen LogP contribution in [-0.2, 0) is 13.5 Å². The van der Waals surface area contributed by atoms with Crippen LogP contribution >= 0.6 is 27.3 Å². The van der Waals surface area contributed by atoms with Crippen LogP contribution in [0.1, 0.15) is 16.6 Å². The van der Waals surface area contributed by atoms with E-state index in [-0.39, 0.29) is 6.04 Å². The molecule has 2 aromatic heterocycles. The van der Waals surface area contributed by atoms with E-state index in [1.807, 2.05) is 25.4 Å². The van der Waals surface area contributed by atoms with Crippen molar-refractivity contribution in [1.29, 1.82) is 0 Å². The smallest absolute Gasteiger partial charge is 0.0846 e. The molecule has 0 fully saturated rings. The number of rotatable bonds is 3. The number of hydrogen-bond donors (Lipinski definition) is 1. The summed E-state index contributed by atoms with van der Waals surface area (Å²) in [6, 6.07) is 4.05. The quantitative estimate of drug-likeness (QED) is 0.937. The summed E-state index contributed by atoms with van der Waals surface area (Å²) in [5, 5.41) is 7.89. The van der Waals surface area contributed by atoms with Gasteiger partial charge in [0.2, 0.25) is 0 Å². The maximum Gasteiger partial charge on any atom is 0.0846 e. The number of aromatic nitrogens is 3. The summed E-state index contributed by atoms with van der Waals surface area (Å²) in [5.74, 6) is 0. The van der Waals surface area contributed by atoms with Gasteiger partial charge in [0.1, 0.15) is 0 Å². The van der Waals surface area contributed by atoms with Gasteiger partial charge in [-0.1, -0.05) is 5.21 Å². The third-order valence-electron chi connectivity index (χ3n) is 2.04. The van der Waals surface area contributed by atoms with E-state index in [0.29, 0.717) is 0 Å². The Morgan fingerprint density at radius 1 is 1.60 bits per heavy atom. The van der Waals surface area contributed by atoms with Gasteiger partial charge in [0, 0.05) is 30.6 Å². The van der Waals surface area contributed by atoms with E-state index in [0.717, 1.165) is 20.8 Å². The Balaban J connectivity index is 2.06. The number of halogens is 1. The zero-order chi connectivity index (χ0) is 10.8. The molecule has 0 amide bonds. The summed E-state index contributed by atoms with van der Waals surface area (Å²) in [4.78, 5) is 1.16. The SMILES string of the molecule is Cn1cc(CC(N)c2ccc(Br)s2)nn1. The lowest BCUT2D eigenvalue weighted by Gasteiger charge is -2.05. The van der Waals surface area contributed by atoms with Crippen LogP contribution in [0.4, 0.5) is 0 Å². The third kappa shape index (κ3) is 2.64. The van der Waals surface area contributed by atoms with Gasteiger partial charge in [0.05, 0.1) is 9.48 Å². The molecule has 0 bridgehead atoms. The molecule has 2 N–H and O–H groups in total. The second-order valence-corrected chi connectivity index (χ2v) is 5.83. The molecule has 2 heterocycles. The van der Waals surface area contributed by atoms with E-state index in [2.05, 4.69) is 26.2 Å². The molecule has 0 saturated carbocycles. The van der Waals surface area contributed by atoms with Crippen molar-refractivity contribution < 1.29 is 0 Å². The standard InChI is InChI=1S/C9H11BrN4S/c1-14-5-6(12-13-14)4-7(11)8-2-3-9(10)15-8/h2-3,5,7H,4,11H2,1H3. The molecule has 4 nitrogen and oxygen atoms in total. The lowest BCUT2D eigenvalue weighted by atomic mass is 10.1. The van der Waals surface area contributed by atoms with Gasteiger partial charge in [-0.3, -0.25) is 4.68 Å². The van der Waals surface area contributed by atoms with Crippen LogP contribution in [0.3, 0.4) is 0 Å². The van der Waals surface area contributed by atoms with Gasteiger partial charge in [-0.25, -0.2) is 0 Å². The molecule has 0 aliphatic carbocycles. The van der Waals surface area contributed by atoms with Gasteiger partial charge >= 0.3 is 0 Å². The minimum atomic E-state index is -0.00185. The van der Waals surface area contributed by atoms with Crippen molar-refractivity contribution in [3.8, 4) is 0 Å². The summed E-state index contributed by atoms with van der Waals surface area (Å²) >= 11 is 5.08. The molecular weight excluding hydrogens is 276 g/mol. The largest absolute Gasteiger partial charge is 0.323 e. The number of thiophene rings is 1. The Kier molecular flexibility index (Phi) is 3.18. The van der Waals surface area contributed by atoms with Crippen LogP contribution in [0.25, 0.3) is 0 Å². The molecule has 0 saturated heterocycles. The van der Waals surface area contributed by atoms with Crippen molar-refractivity contribution in [2.75, 3.05) is 0 Å². The highest BCUT2D eigenvalue weighted by atomic mass is 79.9. The van der Waals surface area contributed by atoms with Crippen molar-refractivity contribution in [2.45, 2.75) is 12.5 Å². The molecule has 0 aliphatic rings. The molecule has 6 heteroatoms. The average molecular weight is 287 g/mol. The normalized spacial score (nSPS) is 13.0. The van der Waals surface area contributed by atoms with Gasteiger partial charge in [0.15, 0.2) is 0 Å². The minimum absolute atomic E-state index is 0.00185. The van der Waals surface area contributed by atoms with Crippen molar-refractivity contribution in [3.63, 3.8) is 0 Å². The van der Waals surface area contributed by atoms with Gasteiger partial charge in [-0.15, -0.1) is 16.4 Å². The molecular formula is C9H11BrN4S. The van der Waals surface area contributed by atoms with Gasteiger partial charge in [0.25, 0.3) is 0 Å². The summed E-state index contributed by atoms with van der Waals surface area (Å²) in [5.41, 5.74) is 6.99. The lowest BCUT2D eigenvalue weighted by Crippen LogP contribution is -2.11. The van der Waals surface area contributed by atoms with Crippen LogP contribution in [0.2, 0.25) is 0 Å². The fourth-order valence-electron chi connectivity index (χ4n) is 1.34. The molecule has 0 aromatic carbocycles. The number of aryl methyl sites for hydroxylation is 1. The Hall–Kier alpha value is -0.720. The number of nitrogens with two attached hydrogens (primary N) is 1. The molecule has 0 spiro atoms. The fraction of sp³-hybridized carbons (Fsp3) is 0.333. The van der Waals surface area contributed by atoms with Crippen LogP contribution in [0.5, 0.6) is 0 Å². The molecule has 0 radical (unpaired) electrons. The zero-order valence-electron chi connectivity index (χ0n) is 8.22. The Morgan fingerprint density at radius 3 is 2.93 bits per heavy atom. The van der Waals surface area contributed by atoms with E-state index in [9.17, 15) is 0 Å². The third-order valence-corrected chi connectivity index (χ3v) is 3.79. The predicted molar refractivity (Wildman–Crippen MR) is 63.7 cm³/mol. The van der Waals surface area contributed by atoms with E-state index in [4.69, 9.17) is 5.73 Å². The predicted octanol–water partition coefficient (Wildman–Crippen LogP) is 1.88. The first kappa shape index (κ1) is 10.8. The van der Waals surface area contributed by atoms with Crippen LogP contribution in [0.15, 0.2) is 22.1 Å². The van der Waals surface area contributed by atoms with E-state index >= 15 is 0 Å². The highest BCUT2D eigenvalue weighted by Crippen LogP contribution is 2.27. The van der Waals surface area contributed by atoms with Crippen LogP contribution < -0.4 is 5.73 Å². The average Bonchev–Trinajstić information content (AvgIpc) is 2.75. The van der Waals surface area contributed by atoms with Crippen molar-refractivity contribution in [1.82, 2.24) is 15.0 Å². The molecule has 2 aromatic rings. The molecule has 15 heavy (non-hydrogen) atoms. The summed E-state index contributed by atoms with van der Waals surface area (Å²) in [6.45, 7) is 0. The number of hydrogen-bond acceptors (Lipinski definition) is 4. The maximum absolute atomic E-state index is 6.06. The van der Waals surface area contributed by atoms with Crippen molar-refractivity contribution in [2.24, 2.45) is 12.8 Å². The summed E-state index contributed by atoms with van der Waals surface area (Å²) < 4.78 is 2.79. The second-order valence-electron chi connectivity index (χ2n) is 3.34. The summed E-state index contributed by atoms with van der Waals surface area (Å²) in [6.07, 6.45) is 2.61. The minimum Gasteiger partial charge on any atom is -0.323 e. The molecule has 2 rings (SSSR count).